The molecule has 1 aliphatic carbocycles. The number of methoxy groups -OCH3 is 1. The van der Waals surface area contributed by atoms with Crippen molar-refractivity contribution in [2.45, 2.75) is 44.6 Å². The Balaban J connectivity index is 2.13. The highest BCUT2D eigenvalue weighted by Crippen LogP contribution is 2.36. The highest BCUT2D eigenvalue weighted by atomic mass is 35.5. The van der Waals surface area contributed by atoms with Crippen LogP contribution in [-0.4, -0.2) is 18.5 Å². The van der Waals surface area contributed by atoms with Crippen molar-refractivity contribution in [3.63, 3.8) is 0 Å². The van der Waals surface area contributed by atoms with Crippen LogP contribution in [0.2, 0.25) is 10.0 Å². The van der Waals surface area contributed by atoms with Crippen molar-refractivity contribution in [1.82, 2.24) is 0 Å². The van der Waals surface area contributed by atoms with Crippen LogP contribution in [0.5, 0.6) is 0 Å². The zero-order valence-corrected chi connectivity index (χ0v) is 13.4. The third-order valence-electron chi connectivity index (χ3n) is 4.35. The Bertz CT molecular complexity index is 491. The third kappa shape index (κ3) is 3.36. The lowest BCUT2D eigenvalue weighted by molar-refractivity contribution is -0.145. The van der Waals surface area contributed by atoms with Crippen LogP contribution in [0.25, 0.3) is 0 Å². The molecule has 0 radical (unpaired) electrons. The number of benzene rings is 1. The summed E-state index contributed by atoms with van der Waals surface area (Å²) in [5.74, 6) is 0.793. The van der Waals surface area contributed by atoms with Crippen molar-refractivity contribution in [3.05, 3.63) is 33.8 Å². The van der Waals surface area contributed by atoms with Crippen molar-refractivity contribution in [3.8, 4) is 0 Å². The Labute approximate surface area is 130 Å². The van der Waals surface area contributed by atoms with Crippen molar-refractivity contribution in [2.24, 2.45) is 5.92 Å². The Morgan fingerprint density at radius 3 is 2.55 bits per heavy atom. The van der Waals surface area contributed by atoms with Crippen LogP contribution < -0.4 is 0 Å². The van der Waals surface area contributed by atoms with Gasteiger partial charge in [0.25, 0.3) is 0 Å². The quantitative estimate of drug-likeness (QED) is 0.805. The van der Waals surface area contributed by atoms with Gasteiger partial charge in [-0.05, 0) is 49.3 Å². The smallest absolute Gasteiger partial charge is 0.169 e. The minimum absolute atomic E-state index is 0.121. The Kier molecular flexibility index (Phi) is 5.11. The van der Waals surface area contributed by atoms with Gasteiger partial charge < -0.3 is 4.74 Å². The summed E-state index contributed by atoms with van der Waals surface area (Å²) >= 11 is 12.0. The molecule has 2 rings (SSSR count). The van der Waals surface area contributed by atoms with Gasteiger partial charge >= 0.3 is 0 Å². The number of Topliss-reactive ketones (excluding diaryl/α,β-unsaturated/α-hetero) is 1. The lowest BCUT2D eigenvalue weighted by Crippen LogP contribution is -2.44. The first kappa shape index (κ1) is 15.8. The van der Waals surface area contributed by atoms with Crippen LogP contribution in [0, 0.1) is 5.92 Å². The fourth-order valence-corrected chi connectivity index (χ4v) is 3.30. The summed E-state index contributed by atoms with van der Waals surface area (Å²) in [6.07, 6.45) is 3.98. The van der Waals surface area contributed by atoms with Gasteiger partial charge in [0.2, 0.25) is 0 Å². The van der Waals surface area contributed by atoms with Gasteiger partial charge in [-0.3, -0.25) is 4.79 Å². The van der Waals surface area contributed by atoms with Crippen LogP contribution in [0.3, 0.4) is 0 Å². The van der Waals surface area contributed by atoms with Crippen molar-refractivity contribution in [1.29, 1.82) is 0 Å². The number of halogens is 2. The Morgan fingerprint density at radius 2 is 2.00 bits per heavy atom. The van der Waals surface area contributed by atoms with Gasteiger partial charge in [0, 0.05) is 23.6 Å². The van der Waals surface area contributed by atoms with Gasteiger partial charge in [0.05, 0.1) is 0 Å². The molecule has 110 valence electrons. The van der Waals surface area contributed by atoms with E-state index in [1.54, 1.807) is 19.2 Å². The molecular formula is C16H20Cl2O2. The van der Waals surface area contributed by atoms with E-state index < -0.39 is 5.60 Å². The summed E-state index contributed by atoms with van der Waals surface area (Å²) in [6, 6.07) is 5.25. The number of hydrogen-bond acceptors (Lipinski definition) is 2. The maximum atomic E-state index is 12.6. The number of carbonyl (C=O) groups excluding carboxylic acids is 1. The van der Waals surface area contributed by atoms with E-state index >= 15 is 0 Å². The molecule has 0 spiro atoms. The molecule has 0 N–H and O–H groups in total. The van der Waals surface area contributed by atoms with Crippen molar-refractivity contribution >= 4 is 29.0 Å². The van der Waals surface area contributed by atoms with Crippen LogP contribution >= 0.6 is 23.2 Å². The largest absolute Gasteiger partial charge is 0.370 e. The molecule has 2 nitrogen and oxygen atoms in total. The van der Waals surface area contributed by atoms with Gasteiger partial charge in [-0.25, -0.2) is 0 Å². The lowest BCUT2D eigenvalue weighted by Gasteiger charge is -2.37. The molecule has 0 heterocycles. The maximum Gasteiger partial charge on any atom is 0.169 e. The average Bonchev–Trinajstić information content (AvgIpc) is 2.43. The average molecular weight is 315 g/mol. The summed E-state index contributed by atoms with van der Waals surface area (Å²) in [7, 11) is 1.64. The molecule has 0 bridgehead atoms. The number of ether oxygens (including phenoxy) is 1. The summed E-state index contributed by atoms with van der Waals surface area (Å²) in [5, 5.41) is 1.13. The zero-order chi connectivity index (χ0) is 14.8. The second-order valence-corrected chi connectivity index (χ2v) is 6.56. The first-order chi connectivity index (χ1) is 9.47. The van der Waals surface area contributed by atoms with Gasteiger partial charge in [-0.15, -0.1) is 0 Å². The molecule has 1 aromatic carbocycles. The minimum Gasteiger partial charge on any atom is -0.370 e. The monoisotopic (exact) mass is 314 g/mol. The molecule has 0 saturated heterocycles. The molecular weight excluding hydrogens is 295 g/mol. The Hall–Kier alpha value is -0.570. The molecule has 0 amide bonds. The molecule has 0 atom stereocenters. The van der Waals surface area contributed by atoms with Crippen LogP contribution in [0.4, 0.5) is 0 Å². The molecule has 0 unspecified atom stereocenters. The minimum atomic E-state index is -0.629. The SMILES string of the molecule is COC1(C(=O)Cc2ccc(Cl)cc2Cl)CCC(C)CC1. The summed E-state index contributed by atoms with van der Waals surface area (Å²) in [6.45, 7) is 2.22. The molecule has 1 aliphatic rings. The van der Waals surface area contributed by atoms with E-state index in [1.807, 2.05) is 6.07 Å². The van der Waals surface area contributed by atoms with Gasteiger partial charge in [-0.2, -0.15) is 0 Å². The number of carbonyl (C=O) groups is 1. The van der Waals surface area contributed by atoms with Gasteiger partial charge in [0.1, 0.15) is 5.60 Å². The first-order valence-electron chi connectivity index (χ1n) is 6.99. The molecule has 1 fully saturated rings. The highest BCUT2D eigenvalue weighted by molar-refractivity contribution is 6.35. The summed E-state index contributed by atoms with van der Waals surface area (Å²) < 4.78 is 5.61. The second kappa shape index (κ2) is 6.46. The summed E-state index contributed by atoms with van der Waals surface area (Å²) in [5.41, 5.74) is 0.186. The number of rotatable bonds is 4. The van der Waals surface area contributed by atoms with Crippen molar-refractivity contribution < 1.29 is 9.53 Å². The predicted octanol–water partition coefficient (Wildman–Crippen LogP) is 4.70. The molecule has 1 saturated carbocycles. The molecule has 0 aliphatic heterocycles. The van der Waals surface area contributed by atoms with Gasteiger partial charge in [-0.1, -0.05) is 36.2 Å². The third-order valence-corrected chi connectivity index (χ3v) is 4.93. The molecule has 4 heteroatoms. The first-order valence-corrected chi connectivity index (χ1v) is 7.75. The van der Waals surface area contributed by atoms with E-state index in [-0.39, 0.29) is 5.78 Å². The van der Waals surface area contributed by atoms with E-state index in [4.69, 9.17) is 27.9 Å². The lowest BCUT2D eigenvalue weighted by atomic mass is 9.76. The standard InChI is InChI=1S/C16H20Cl2O2/c1-11-5-7-16(20-2,8-6-11)15(19)9-12-3-4-13(17)10-14(12)18/h3-4,10-11H,5-9H2,1-2H3. The fraction of sp³-hybridized carbons (Fsp3) is 0.562. The number of hydrogen-bond donors (Lipinski definition) is 0. The Morgan fingerprint density at radius 1 is 1.35 bits per heavy atom. The van der Waals surface area contributed by atoms with Crippen LogP contribution in [0.15, 0.2) is 18.2 Å². The highest BCUT2D eigenvalue weighted by Gasteiger charge is 2.40. The predicted molar refractivity (Wildman–Crippen MR) is 82.5 cm³/mol. The van der Waals surface area contributed by atoms with E-state index in [0.717, 1.165) is 31.2 Å². The maximum absolute atomic E-state index is 12.6. The van der Waals surface area contributed by atoms with E-state index in [1.165, 1.54) is 0 Å². The van der Waals surface area contributed by atoms with E-state index in [0.29, 0.717) is 22.4 Å². The molecule has 20 heavy (non-hydrogen) atoms. The second-order valence-electron chi connectivity index (χ2n) is 5.72. The van der Waals surface area contributed by atoms with Gasteiger partial charge in [0.15, 0.2) is 5.78 Å². The molecule has 0 aromatic heterocycles. The molecule has 1 aromatic rings. The van der Waals surface area contributed by atoms with Crippen molar-refractivity contribution in [2.75, 3.05) is 7.11 Å². The number of ketones is 1. The van der Waals surface area contributed by atoms with E-state index in [2.05, 4.69) is 6.92 Å². The normalized spacial score (nSPS) is 26.5. The van der Waals surface area contributed by atoms with Crippen LogP contribution in [-0.2, 0) is 16.0 Å². The van der Waals surface area contributed by atoms with Crippen LogP contribution in [0.1, 0.15) is 38.2 Å². The topological polar surface area (TPSA) is 26.3 Å². The fourth-order valence-electron chi connectivity index (χ4n) is 2.82. The van der Waals surface area contributed by atoms with E-state index in [9.17, 15) is 4.79 Å². The summed E-state index contributed by atoms with van der Waals surface area (Å²) in [4.78, 5) is 12.6. The zero-order valence-electron chi connectivity index (χ0n) is 11.9.